The third kappa shape index (κ3) is 6.98. The van der Waals surface area contributed by atoms with Crippen molar-refractivity contribution in [2.75, 3.05) is 4.72 Å². The first kappa shape index (κ1) is 23.1. The number of hydrogen-bond acceptors (Lipinski definition) is 6. The van der Waals surface area contributed by atoms with Crippen molar-refractivity contribution in [3.8, 4) is 0 Å². The van der Waals surface area contributed by atoms with Crippen LogP contribution in [0.3, 0.4) is 0 Å². The van der Waals surface area contributed by atoms with E-state index < -0.39 is 11.3 Å². The van der Waals surface area contributed by atoms with Crippen LogP contribution in [0.1, 0.15) is 54.1 Å². The normalized spacial score (nSPS) is 13.0. The summed E-state index contributed by atoms with van der Waals surface area (Å²) < 4.78 is 23.9. The minimum atomic E-state index is -2.36. The molecule has 0 spiro atoms. The molecule has 0 radical (unpaired) electrons. The molecule has 1 aromatic carbocycles. The smallest absolute Gasteiger partial charge is 0.221 e. The van der Waals surface area contributed by atoms with Gasteiger partial charge in [0.25, 0.3) is 0 Å². The molecule has 0 fully saturated rings. The summed E-state index contributed by atoms with van der Waals surface area (Å²) in [6.07, 6.45) is 4.95. The van der Waals surface area contributed by atoms with E-state index in [0.717, 1.165) is 40.6 Å². The predicted molar refractivity (Wildman–Crippen MR) is 121 cm³/mol. The molecule has 0 bridgehead atoms. The first-order chi connectivity index (χ1) is 15.0. The van der Waals surface area contributed by atoms with Crippen LogP contribution in [0.25, 0.3) is 0 Å². The molecule has 0 saturated heterocycles. The van der Waals surface area contributed by atoms with Crippen molar-refractivity contribution < 1.29 is 13.6 Å². The highest BCUT2D eigenvalue weighted by atomic mass is 32.2. The first-order valence-electron chi connectivity index (χ1n) is 10.2. The van der Waals surface area contributed by atoms with Gasteiger partial charge in [0.15, 0.2) is 0 Å². The van der Waals surface area contributed by atoms with Crippen molar-refractivity contribution >= 4 is 34.2 Å². The van der Waals surface area contributed by atoms with Gasteiger partial charge in [-0.2, -0.15) is 0 Å². The molecular formula is C21H26N5O3S2-. The number of amides is 1. The lowest BCUT2D eigenvalue weighted by molar-refractivity contribution is -0.121. The van der Waals surface area contributed by atoms with E-state index in [1.165, 1.54) is 11.3 Å². The number of aromatic nitrogens is 3. The van der Waals surface area contributed by atoms with Gasteiger partial charge in [-0.3, -0.25) is 9.00 Å². The molecule has 10 heteroatoms. The Morgan fingerprint density at radius 1 is 1.26 bits per heavy atom. The third-order valence-electron chi connectivity index (χ3n) is 4.81. The van der Waals surface area contributed by atoms with E-state index in [0.29, 0.717) is 24.9 Å². The van der Waals surface area contributed by atoms with Crippen molar-refractivity contribution in [2.45, 2.75) is 52.0 Å². The Labute approximate surface area is 188 Å². The Kier molecular flexibility index (Phi) is 8.33. The van der Waals surface area contributed by atoms with Crippen LogP contribution < -0.4 is 10.0 Å². The van der Waals surface area contributed by atoms with Crippen LogP contribution in [-0.4, -0.2) is 29.6 Å². The van der Waals surface area contributed by atoms with E-state index in [-0.39, 0.29) is 11.9 Å². The van der Waals surface area contributed by atoms with Gasteiger partial charge in [0.1, 0.15) is 10.8 Å². The van der Waals surface area contributed by atoms with Gasteiger partial charge in [-0.25, -0.2) is 9.97 Å². The fourth-order valence-corrected chi connectivity index (χ4v) is 4.38. The number of rotatable bonds is 11. The second-order valence-corrected chi connectivity index (χ2v) is 8.66. The van der Waals surface area contributed by atoms with E-state index in [9.17, 15) is 13.6 Å². The maximum Gasteiger partial charge on any atom is 0.221 e. The molecule has 0 aliphatic heterocycles. The number of benzene rings is 1. The van der Waals surface area contributed by atoms with Crippen LogP contribution in [0, 0.1) is 0 Å². The Morgan fingerprint density at radius 2 is 2.03 bits per heavy atom. The zero-order valence-corrected chi connectivity index (χ0v) is 19.1. The van der Waals surface area contributed by atoms with Crippen molar-refractivity contribution in [1.29, 1.82) is 0 Å². The van der Waals surface area contributed by atoms with Gasteiger partial charge in [-0.05, 0) is 37.0 Å². The van der Waals surface area contributed by atoms with Gasteiger partial charge in [-0.15, -0.1) is 11.3 Å². The summed E-state index contributed by atoms with van der Waals surface area (Å²) in [6, 6.07) is 6.83. The van der Waals surface area contributed by atoms with Crippen molar-refractivity contribution in [3.63, 3.8) is 0 Å². The number of aryl methyl sites for hydroxylation is 3. The monoisotopic (exact) mass is 460 g/mol. The van der Waals surface area contributed by atoms with E-state index in [1.807, 2.05) is 24.4 Å². The number of nitrogens with zero attached hydrogens (tertiary/aromatic N) is 2. The molecular weight excluding hydrogens is 434 g/mol. The molecule has 166 valence electrons. The number of nitrogens with one attached hydrogen (secondary N) is 3. The zero-order chi connectivity index (χ0) is 22.2. The lowest BCUT2D eigenvalue weighted by Crippen LogP contribution is -2.30. The largest absolute Gasteiger partial charge is 0.755 e. The molecule has 0 saturated carbocycles. The van der Waals surface area contributed by atoms with Crippen LogP contribution >= 0.6 is 11.3 Å². The first-order valence-corrected chi connectivity index (χ1v) is 12.1. The summed E-state index contributed by atoms with van der Waals surface area (Å²) in [7, 11) is 0. The van der Waals surface area contributed by atoms with E-state index in [2.05, 4.69) is 31.9 Å². The number of imidazole rings is 1. The number of aromatic amines is 1. The van der Waals surface area contributed by atoms with Gasteiger partial charge < -0.3 is 19.6 Å². The van der Waals surface area contributed by atoms with E-state index in [4.69, 9.17) is 0 Å². The molecule has 3 N–H and O–H groups in total. The maximum absolute atomic E-state index is 12.7. The Morgan fingerprint density at radius 3 is 2.65 bits per heavy atom. The minimum absolute atomic E-state index is 0.0623. The summed E-state index contributed by atoms with van der Waals surface area (Å²) in [5.41, 5.74) is 3.52. The van der Waals surface area contributed by atoms with Gasteiger partial charge >= 0.3 is 0 Å². The topological polar surface area (TPSA) is 123 Å². The van der Waals surface area contributed by atoms with Crippen LogP contribution in [0.4, 0.5) is 5.69 Å². The standard InChI is InChI=1S/C21H27N5O3S2/c1-3-15-12-22-19(23-15)9-10-20(27)25-18(21-24-16(4-2)13-30-21)11-14-5-7-17(8-6-14)26-31(28)29/h5-8,12-13,18,26H,3-4,9-11H2,1-2H3,(H,22,23)(H,25,27)(H,28,29)/p-1/t18-/m0/s1. The van der Waals surface area contributed by atoms with Crippen LogP contribution in [0.2, 0.25) is 0 Å². The quantitative estimate of drug-likeness (QED) is 0.379. The van der Waals surface area contributed by atoms with Crippen LogP contribution in [0.15, 0.2) is 35.8 Å². The fourth-order valence-electron chi connectivity index (χ4n) is 3.10. The molecule has 2 atom stereocenters. The minimum Gasteiger partial charge on any atom is -0.755 e. The van der Waals surface area contributed by atoms with Gasteiger partial charge in [0.2, 0.25) is 5.91 Å². The van der Waals surface area contributed by atoms with Gasteiger partial charge in [0.05, 0.1) is 11.7 Å². The maximum atomic E-state index is 12.7. The number of hydrogen-bond donors (Lipinski definition) is 3. The molecule has 2 aromatic heterocycles. The number of carbonyl (C=O) groups excluding carboxylic acids is 1. The molecule has 31 heavy (non-hydrogen) atoms. The Balaban J connectivity index is 1.67. The highest BCUT2D eigenvalue weighted by molar-refractivity contribution is 7.80. The summed E-state index contributed by atoms with van der Waals surface area (Å²) in [4.78, 5) is 24.9. The van der Waals surface area contributed by atoms with Crippen LogP contribution in [0.5, 0.6) is 0 Å². The summed E-state index contributed by atoms with van der Waals surface area (Å²) in [5.74, 6) is 0.748. The number of carbonyl (C=O) groups is 1. The number of thiazole rings is 1. The van der Waals surface area contributed by atoms with Gasteiger partial charge in [0, 0.05) is 47.1 Å². The summed E-state index contributed by atoms with van der Waals surface area (Å²) in [6.45, 7) is 4.10. The van der Waals surface area contributed by atoms with Crippen LogP contribution in [-0.2, 0) is 41.7 Å². The predicted octanol–water partition coefficient (Wildman–Crippen LogP) is 3.23. The second kappa shape index (κ2) is 11.2. The second-order valence-electron chi connectivity index (χ2n) is 7.10. The molecule has 2 heterocycles. The summed E-state index contributed by atoms with van der Waals surface area (Å²) >= 11 is -0.823. The lowest BCUT2D eigenvalue weighted by atomic mass is 10.1. The van der Waals surface area contributed by atoms with Gasteiger partial charge in [-0.1, -0.05) is 26.0 Å². The third-order valence-corrected chi connectivity index (χ3v) is 6.22. The van der Waals surface area contributed by atoms with Crippen molar-refractivity contribution in [2.24, 2.45) is 0 Å². The molecule has 1 unspecified atom stereocenters. The average molecular weight is 461 g/mol. The van der Waals surface area contributed by atoms with Crippen molar-refractivity contribution in [1.82, 2.24) is 20.3 Å². The molecule has 8 nitrogen and oxygen atoms in total. The Bertz CT molecular complexity index is 1020. The molecule has 0 aliphatic rings. The fraction of sp³-hybridized carbons (Fsp3) is 0.381. The highest BCUT2D eigenvalue weighted by Gasteiger charge is 2.19. The van der Waals surface area contributed by atoms with E-state index in [1.54, 1.807) is 18.3 Å². The van der Waals surface area contributed by atoms with Crippen molar-refractivity contribution in [3.05, 3.63) is 63.6 Å². The molecule has 3 rings (SSSR count). The lowest BCUT2D eigenvalue weighted by Gasteiger charge is -2.17. The number of H-pyrrole nitrogens is 1. The van der Waals surface area contributed by atoms with E-state index >= 15 is 0 Å². The molecule has 1 amide bonds. The molecule has 0 aliphatic carbocycles. The zero-order valence-electron chi connectivity index (χ0n) is 17.5. The molecule has 3 aromatic rings. The highest BCUT2D eigenvalue weighted by Crippen LogP contribution is 2.24. The average Bonchev–Trinajstić information content (AvgIpc) is 3.42. The SMILES string of the molecule is CCc1csc([C@H](Cc2ccc(NS(=O)[O-])cc2)NC(=O)CCc2ncc(CC)[nH]2)n1. The summed E-state index contributed by atoms with van der Waals surface area (Å²) in [5, 5.41) is 5.98. The number of anilines is 1. The Hall–Kier alpha value is -2.56.